The van der Waals surface area contributed by atoms with E-state index in [0.717, 1.165) is 75.2 Å². The molecule has 8 saturated carbocycles. The number of esters is 2. The Hall–Kier alpha value is -2.15. The van der Waals surface area contributed by atoms with Gasteiger partial charge in [0.25, 0.3) is 0 Å². The predicted octanol–water partition coefficient (Wildman–Crippen LogP) is 4.47. The maximum Gasteiger partial charge on any atom is 0.331 e. The molecule has 0 radical (unpaired) electrons. The SMILES string of the molecule is C[C@]12CC[C@H](O)C[C@H]1CC[C@@H]1[C@@H]2C[C@@H](O)[C@]2(C)[C@@H](C3=CC(=O)OC3)CC[C@]12O.C[C@]12CC[C@H]3[C@@H](CC[C@]4(O)C[C@@H](O)CC[C@]34C=O)[C@@]1(O)CC[C@@H]2C1=CC(=O)OC1. The Balaban J connectivity index is 0.000000148. The summed E-state index contributed by atoms with van der Waals surface area (Å²) in [5.74, 6) is 0.353. The molecule has 8 fully saturated rings. The molecule has 11 heteroatoms. The number of ether oxygens (including phenoxy) is 2. The molecule has 0 aromatic rings. The van der Waals surface area contributed by atoms with E-state index in [1.807, 2.05) is 6.92 Å². The van der Waals surface area contributed by atoms with Crippen LogP contribution in [0.4, 0.5) is 0 Å². The quantitative estimate of drug-likeness (QED) is 0.175. The lowest BCUT2D eigenvalue weighted by atomic mass is 9.41. The zero-order valence-corrected chi connectivity index (χ0v) is 34.2. The summed E-state index contributed by atoms with van der Waals surface area (Å²) in [7, 11) is 0. The van der Waals surface area contributed by atoms with Crippen LogP contribution in [0.2, 0.25) is 0 Å². The van der Waals surface area contributed by atoms with Crippen molar-refractivity contribution in [1.82, 2.24) is 0 Å². The number of rotatable bonds is 3. The summed E-state index contributed by atoms with van der Waals surface area (Å²) in [4.78, 5) is 35.8. The van der Waals surface area contributed by atoms with Crippen LogP contribution in [0.5, 0.6) is 0 Å². The van der Waals surface area contributed by atoms with Crippen LogP contribution >= 0.6 is 0 Å². The lowest BCUT2D eigenvalue weighted by Gasteiger charge is -2.65. The van der Waals surface area contributed by atoms with Gasteiger partial charge in [0.15, 0.2) is 0 Å². The van der Waals surface area contributed by atoms with Gasteiger partial charge in [0.2, 0.25) is 0 Å². The minimum atomic E-state index is -1.18. The molecule has 8 aliphatic carbocycles. The molecule has 0 saturated heterocycles. The third-order valence-corrected chi connectivity index (χ3v) is 19.9. The van der Waals surface area contributed by atoms with E-state index in [2.05, 4.69) is 13.8 Å². The van der Waals surface area contributed by atoms with Gasteiger partial charge in [-0.1, -0.05) is 20.8 Å². The summed E-state index contributed by atoms with van der Waals surface area (Å²) in [6.07, 6.45) is 15.0. The van der Waals surface area contributed by atoms with Gasteiger partial charge in [0.1, 0.15) is 19.5 Å². The minimum Gasteiger partial charge on any atom is -0.458 e. The monoisotopic (exact) mass is 794 g/mol. The van der Waals surface area contributed by atoms with E-state index >= 15 is 0 Å². The fourth-order valence-electron chi connectivity index (χ4n) is 16.7. The van der Waals surface area contributed by atoms with Gasteiger partial charge in [0.05, 0.1) is 40.5 Å². The first kappa shape index (κ1) is 40.3. The number of cyclic esters (lactones) is 2. The summed E-state index contributed by atoms with van der Waals surface area (Å²) < 4.78 is 10.3. The zero-order valence-electron chi connectivity index (χ0n) is 34.2. The number of hydrogen-bond acceptors (Lipinski definition) is 11. The molecule has 17 atom stereocenters. The molecular formula is C46H66O11. The van der Waals surface area contributed by atoms with E-state index in [9.17, 15) is 45.0 Å². The predicted molar refractivity (Wildman–Crippen MR) is 207 cm³/mol. The van der Waals surface area contributed by atoms with Crippen molar-refractivity contribution in [3.8, 4) is 0 Å². The average molecular weight is 795 g/mol. The minimum absolute atomic E-state index is 0.00129. The Morgan fingerprint density at radius 3 is 1.91 bits per heavy atom. The van der Waals surface area contributed by atoms with Crippen molar-refractivity contribution >= 4 is 18.2 Å². The van der Waals surface area contributed by atoms with Crippen molar-refractivity contribution in [1.29, 1.82) is 0 Å². The molecule has 6 N–H and O–H groups in total. The normalized spacial score (nSPS) is 54.9. The van der Waals surface area contributed by atoms with E-state index in [1.165, 1.54) is 0 Å². The molecule has 0 aromatic carbocycles. The van der Waals surface area contributed by atoms with E-state index in [0.29, 0.717) is 70.0 Å². The fraction of sp³-hybridized carbons (Fsp3) is 0.848. The summed E-state index contributed by atoms with van der Waals surface area (Å²) in [5.41, 5.74) is -2.85. The molecule has 57 heavy (non-hydrogen) atoms. The summed E-state index contributed by atoms with van der Waals surface area (Å²) in [6, 6.07) is 0. The van der Waals surface area contributed by atoms with Gasteiger partial charge in [-0.15, -0.1) is 0 Å². The van der Waals surface area contributed by atoms with Crippen LogP contribution in [0.25, 0.3) is 0 Å². The van der Waals surface area contributed by atoms with Gasteiger partial charge in [-0.25, -0.2) is 9.59 Å². The largest absolute Gasteiger partial charge is 0.458 e. The van der Waals surface area contributed by atoms with Crippen LogP contribution in [0.1, 0.15) is 130 Å². The van der Waals surface area contributed by atoms with E-state index in [1.54, 1.807) is 12.2 Å². The third-order valence-electron chi connectivity index (χ3n) is 19.9. The van der Waals surface area contributed by atoms with Gasteiger partial charge in [-0.05, 0) is 161 Å². The molecule has 10 aliphatic rings. The molecule has 316 valence electrons. The second-order valence-electron chi connectivity index (χ2n) is 21.4. The molecule has 2 heterocycles. The number of aliphatic hydroxyl groups excluding tert-OH is 3. The lowest BCUT2D eigenvalue weighted by Crippen LogP contribution is -2.68. The van der Waals surface area contributed by atoms with Crippen molar-refractivity contribution in [2.75, 3.05) is 13.2 Å². The molecule has 0 unspecified atom stereocenters. The molecule has 2 aliphatic heterocycles. The fourth-order valence-corrected chi connectivity index (χ4v) is 16.7. The first-order valence-electron chi connectivity index (χ1n) is 22.3. The second-order valence-corrected chi connectivity index (χ2v) is 21.4. The maximum atomic E-state index is 12.5. The molecule has 0 spiro atoms. The Morgan fingerprint density at radius 1 is 0.632 bits per heavy atom. The smallest absolute Gasteiger partial charge is 0.331 e. The maximum absolute atomic E-state index is 12.5. The van der Waals surface area contributed by atoms with E-state index < -0.39 is 39.8 Å². The van der Waals surface area contributed by atoms with Crippen molar-refractivity contribution in [3.05, 3.63) is 23.3 Å². The Kier molecular flexibility index (Phi) is 9.48. The summed E-state index contributed by atoms with van der Waals surface area (Å²) in [6.45, 7) is 7.15. The average Bonchev–Trinajstić information content (AvgIpc) is 3.93. The van der Waals surface area contributed by atoms with Crippen molar-refractivity contribution in [3.63, 3.8) is 0 Å². The van der Waals surface area contributed by atoms with Crippen molar-refractivity contribution in [2.24, 2.45) is 63.1 Å². The number of hydrogen-bond donors (Lipinski definition) is 6. The number of carbonyl (C=O) groups excluding carboxylic acids is 3. The highest BCUT2D eigenvalue weighted by molar-refractivity contribution is 5.86. The Labute approximate surface area is 336 Å². The van der Waals surface area contributed by atoms with Gasteiger partial charge < -0.3 is 44.9 Å². The number of fused-ring (bicyclic) bond motifs is 10. The Morgan fingerprint density at radius 2 is 1.25 bits per heavy atom. The van der Waals surface area contributed by atoms with Crippen LogP contribution in [0.3, 0.4) is 0 Å². The van der Waals surface area contributed by atoms with Crippen molar-refractivity contribution in [2.45, 2.75) is 165 Å². The summed E-state index contributed by atoms with van der Waals surface area (Å²) >= 11 is 0. The van der Waals surface area contributed by atoms with E-state index in [4.69, 9.17) is 9.47 Å². The second kappa shape index (κ2) is 13.4. The van der Waals surface area contributed by atoms with Crippen molar-refractivity contribution < 1.29 is 54.5 Å². The molecule has 10 rings (SSSR count). The van der Waals surface area contributed by atoms with Crippen LogP contribution in [-0.2, 0) is 23.9 Å². The third kappa shape index (κ3) is 5.39. The Bertz CT molecular complexity index is 1740. The van der Waals surface area contributed by atoms with Crippen LogP contribution in [0, 0.1) is 63.1 Å². The van der Waals surface area contributed by atoms with Crippen LogP contribution in [-0.4, -0.2) is 97.2 Å². The highest BCUT2D eigenvalue weighted by Gasteiger charge is 2.73. The molecule has 0 aromatic heterocycles. The van der Waals surface area contributed by atoms with Gasteiger partial charge in [-0.3, -0.25) is 0 Å². The zero-order chi connectivity index (χ0) is 40.6. The van der Waals surface area contributed by atoms with Gasteiger partial charge in [-0.2, -0.15) is 0 Å². The molecule has 0 bridgehead atoms. The van der Waals surface area contributed by atoms with Crippen LogP contribution in [0.15, 0.2) is 23.3 Å². The number of carbonyl (C=O) groups is 3. The molecular weight excluding hydrogens is 728 g/mol. The van der Waals surface area contributed by atoms with Gasteiger partial charge >= 0.3 is 11.9 Å². The molecule has 11 nitrogen and oxygen atoms in total. The lowest BCUT2D eigenvalue weighted by molar-refractivity contribution is -0.248. The highest BCUT2D eigenvalue weighted by atomic mass is 16.5. The molecule has 0 amide bonds. The van der Waals surface area contributed by atoms with Gasteiger partial charge in [0, 0.05) is 29.4 Å². The highest BCUT2D eigenvalue weighted by Crippen LogP contribution is 2.72. The summed E-state index contributed by atoms with van der Waals surface area (Å²) in [5, 5.41) is 67.5. The standard InChI is InChI=1S/C23H32O6.C23H34O5/c1-20-6-3-17-18(4-8-22(27)11-15(25)2-7-21(17,22)13-24)23(20,28)9-5-16(20)14-10-19(26)29-12-14;1-21-7-5-15(24)10-14(21)3-4-17-18(21)11-19(25)22(2)16(6-8-23(17,22)27)13-9-20(26)28-12-13/h10,13,15-18,25,27-28H,2-9,11-12H2,1H3;9,14-19,24-25,27H,3-8,10-12H2,1-2H3/t15-,16+,17-,18+,20+,21-,22-,23-;14-,15+,16-,17-,18+,19-,21+,22+,23+/m01/s1. The first-order valence-corrected chi connectivity index (χ1v) is 22.3. The first-order chi connectivity index (χ1) is 26.9. The number of aliphatic hydroxyl groups is 6. The number of aldehydes is 1. The van der Waals surface area contributed by atoms with E-state index in [-0.39, 0.29) is 64.9 Å². The van der Waals surface area contributed by atoms with Crippen LogP contribution < -0.4 is 0 Å². The topological polar surface area (TPSA) is 191 Å².